The molecule has 1 aromatic heterocycles. The Balaban J connectivity index is 1.99. The highest BCUT2D eigenvalue weighted by atomic mass is 16.5. The predicted molar refractivity (Wildman–Crippen MR) is 93.0 cm³/mol. The Morgan fingerprint density at radius 2 is 1.88 bits per heavy atom. The minimum atomic E-state index is -0.845. The minimum absolute atomic E-state index is 0.00856. The van der Waals surface area contributed by atoms with E-state index in [2.05, 4.69) is 5.16 Å². The molecule has 1 aromatic carbocycles. The Kier molecular flexibility index (Phi) is 6.74. The normalized spacial score (nSPS) is 10.6. The number of amides is 1. The van der Waals surface area contributed by atoms with Crippen LogP contribution in [0.1, 0.15) is 41.8 Å². The van der Waals surface area contributed by atoms with Crippen LogP contribution < -0.4 is 0 Å². The summed E-state index contributed by atoms with van der Waals surface area (Å²) in [5.74, 6) is -0.0946. The fourth-order valence-electron chi connectivity index (χ4n) is 2.77. The zero-order valence-electron chi connectivity index (χ0n) is 14.7. The van der Waals surface area contributed by atoms with Gasteiger partial charge in [-0.05, 0) is 32.3 Å². The number of carboxylic acids is 1. The molecule has 1 N–H and O–H groups in total. The van der Waals surface area contributed by atoms with Gasteiger partial charge in [-0.1, -0.05) is 35.5 Å². The van der Waals surface area contributed by atoms with Crippen LogP contribution in [-0.2, 0) is 22.6 Å². The second-order valence-electron chi connectivity index (χ2n) is 6.10. The Morgan fingerprint density at radius 3 is 2.48 bits per heavy atom. The van der Waals surface area contributed by atoms with Crippen molar-refractivity contribution in [3.8, 4) is 0 Å². The maximum atomic E-state index is 12.7. The maximum Gasteiger partial charge on any atom is 0.303 e. The molecule has 0 bridgehead atoms. The van der Waals surface area contributed by atoms with Crippen LogP contribution in [0.5, 0.6) is 0 Å². The summed E-state index contributed by atoms with van der Waals surface area (Å²) in [6.45, 7) is 4.63. The number of carboxylic acid groups (broad SMARTS) is 1. The molecule has 0 radical (unpaired) electrons. The molecule has 2 rings (SSSR count). The zero-order valence-corrected chi connectivity index (χ0v) is 14.7. The smallest absolute Gasteiger partial charge is 0.303 e. The third-order valence-electron chi connectivity index (χ3n) is 4.16. The average molecular weight is 344 g/mol. The van der Waals surface area contributed by atoms with Crippen LogP contribution in [-0.4, -0.2) is 33.6 Å². The summed E-state index contributed by atoms with van der Waals surface area (Å²) in [6, 6.07) is 9.72. The van der Waals surface area contributed by atoms with Crippen LogP contribution in [0, 0.1) is 13.8 Å². The van der Waals surface area contributed by atoms with Gasteiger partial charge in [-0.25, -0.2) is 0 Å². The molecule has 0 aliphatic rings. The molecule has 1 amide bonds. The van der Waals surface area contributed by atoms with Crippen LogP contribution in [0.15, 0.2) is 34.9 Å². The number of hydrogen-bond donors (Lipinski definition) is 1. The van der Waals surface area contributed by atoms with Crippen LogP contribution in [0.4, 0.5) is 0 Å². The van der Waals surface area contributed by atoms with E-state index in [0.29, 0.717) is 32.4 Å². The Labute approximate surface area is 147 Å². The van der Waals surface area contributed by atoms with Crippen molar-refractivity contribution >= 4 is 11.9 Å². The van der Waals surface area contributed by atoms with Crippen molar-refractivity contribution in [1.82, 2.24) is 10.1 Å². The molecule has 2 aromatic rings. The fourth-order valence-corrected chi connectivity index (χ4v) is 2.77. The first kappa shape index (κ1) is 18.7. The second-order valence-corrected chi connectivity index (χ2v) is 6.10. The fraction of sp³-hybridized carbons (Fsp3) is 0.421. The highest BCUT2D eigenvalue weighted by molar-refractivity contribution is 5.76. The Morgan fingerprint density at radius 1 is 1.16 bits per heavy atom. The molecule has 1 heterocycles. The summed E-state index contributed by atoms with van der Waals surface area (Å²) in [5, 5.41) is 12.7. The van der Waals surface area contributed by atoms with E-state index in [0.717, 1.165) is 22.6 Å². The van der Waals surface area contributed by atoms with E-state index >= 15 is 0 Å². The lowest BCUT2D eigenvalue weighted by Crippen LogP contribution is -2.32. The monoisotopic (exact) mass is 344 g/mol. The molecule has 0 aliphatic carbocycles. The molecule has 0 fully saturated rings. The van der Waals surface area contributed by atoms with Crippen molar-refractivity contribution in [2.75, 3.05) is 6.54 Å². The summed E-state index contributed by atoms with van der Waals surface area (Å²) >= 11 is 0. The van der Waals surface area contributed by atoms with Gasteiger partial charge in [0.2, 0.25) is 5.91 Å². The van der Waals surface area contributed by atoms with Gasteiger partial charge in [0.25, 0.3) is 0 Å². The molecular weight excluding hydrogens is 320 g/mol. The molecule has 25 heavy (non-hydrogen) atoms. The molecule has 6 nitrogen and oxygen atoms in total. The van der Waals surface area contributed by atoms with Crippen LogP contribution >= 0.6 is 0 Å². The summed E-state index contributed by atoms with van der Waals surface area (Å²) in [5.41, 5.74) is 2.81. The first-order valence-electron chi connectivity index (χ1n) is 8.42. The lowest BCUT2D eigenvalue weighted by atomic mass is 10.1. The molecule has 0 atom stereocenters. The lowest BCUT2D eigenvalue weighted by Gasteiger charge is -2.23. The standard InChI is InChI=1S/C19H24N2O4/c1-14-17(15(2)25-20-14)10-11-18(22)21(12-6-9-19(23)24)13-16-7-4-3-5-8-16/h3-5,7-8H,6,9-13H2,1-2H3,(H,23,24). The molecule has 0 saturated carbocycles. The minimum Gasteiger partial charge on any atom is -0.481 e. The number of rotatable bonds is 9. The number of carbonyl (C=O) groups is 2. The van der Waals surface area contributed by atoms with Gasteiger partial charge in [-0.2, -0.15) is 0 Å². The topological polar surface area (TPSA) is 83.6 Å². The lowest BCUT2D eigenvalue weighted by molar-refractivity contribution is -0.138. The highest BCUT2D eigenvalue weighted by Gasteiger charge is 2.17. The Bertz CT molecular complexity index is 690. The van der Waals surface area contributed by atoms with Crippen molar-refractivity contribution in [2.45, 2.75) is 46.1 Å². The number of benzene rings is 1. The second kappa shape index (κ2) is 9.01. The molecule has 0 aliphatic heterocycles. The van der Waals surface area contributed by atoms with Crippen molar-refractivity contribution in [2.24, 2.45) is 0 Å². The first-order chi connectivity index (χ1) is 12.0. The largest absolute Gasteiger partial charge is 0.481 e. The van der Waals surface area contributed by atoms with E-state index < -0.39 is 5.97 Å². The van der Waals surface area contributed by atoms with Crippen LogP contribution in [0.2, 0.25) is 0 Å². The molecule has 0 saturated heterocycles. The van der Waals surface area contributed by atoms with E-state index in [4.69, 9.17) is 9.63 Å². The number of aryl methyl sites for hydroxylation is 2. The van der Waals surface area contributed by atoms with Crippen molar-refractivity contribution in [3.63, 3.8) is 0 Å². The van der Waals surface area contributed by atoms with Gasteiger partial charge in [0, 0.05) is 31.5 Å². The number of hydrogen-bond acceptors (Lipinski definition) is 4. The SMILES string of the molecule is Cc1noc(C)c1CCC(=O)N(CCCC(=O)O)Cc1ccccc1. The van der Waals surface area contributed by atoms with E-state index in [1.54, 1.807) is 4.90 Å². The highest BCUT2D eigenvalue weighted by Crippen LogP contribution is 2.16. The number of carbonyl (C=O) groups excluding carboxylic acids is 1. The van der Waals surface area contributed by atoms with Gasteiger partial charge in [-0.3, -0.25) is 9.59 Å². The van der Waals surface area contributed by atoms with Crippen LogP contribution in [0.25, 0.3) is 0 Å². The maximum absolute atomic E-state index is 12.7. The molecule has 0 spiro atoms. The van der Waals surface area contributed by atoms with Gasteiger partial charge in [0.15, 0.2) is 0 Å². The number of aliphatic carboxylic acids is 1. The third-order valence-corrected chi connectivity index (χ3v) is 4.16. The van der Waals surface area contributed by atoms with Crippen molar-refractivity contribution in [3.05, 3.63) is 52.9 Å². The molecule has 6 heteroatoms. The molecule has 0 unspecified atom stereocenters. The van der Waals surface area contributed by atoms with E-state index in [1.165, 1.54) is 0 Å². The van der Waals surface area contributed by atoms with Crippen LogP contribution in [0.3, 0.4) is 0 Å². The summed E-state index contributed by atoms with van der Waals surface area (Å²) < 4.78 is 5.13. The van der Waals surface area contributed by atoms with E-state index in [-0.39, 0.29) is 12.3 Å². The zero-order chi connectivity index (χ0) is 18.2. The Hall–Kier alpha value is -2.63. The number of aromatic nitrogens is 1. The quantitative estimate of drug-likeness (QED) is 0.755. The van der Waals surface area contributed by atoms with Gasteiger partial charge in [0.1, 0.15) is 5.76 Å². The third kappa shape index (κ3) is 5.74. The van der Waals surface area contributed by atoms with Gasteiger partial charge < -0.3 is 14.5 Å². The average Bonchev–Trinajstić information content (AvgIpc) is 2.90. The first-order valence-corrected chi connectivity index (χ1v) is 8.42. The van der Waals surface area contributed by atoms with Gasteiger partial charge in [0.05, 0.1) is 5.69 Å². The predicted octanol–water partition coefficient (Wildman–Crippen LogP) is 3.12. The van der Waals surface area contributed by atoms with Gasteiger partial charge >= 0.3 is 5.97 Å². The van der Waals surface area contributed by atoms with E-state index in [9.17, 15) is 9.59 Å². The summed E-state index contributed by atoms with van der Waals surface area (Å²) in [7, 11) is 0. The van der Waals surface area contributed by atoms with Crippen molar-refractivity contribution in [1.29, 1.82) is 0 Å². The van der Waals surface area contributed by atoms with E-state index in [1.807, 2.05) is 44.2 Å². The van der Waals surface area contributed by atoms with Gasteiger partial charge in [-0.15, -0.1) is 0 Å². The summed E-state index contributed by atoms with van der Waals surface area (Å²) in [6.07, 6.45) is 1.43. The summed E-state index contributed by atoms with van der Waals surface area (Å²) in [4.78, 5) is 25.1. The molecular formula is C19H24N2O4. The molecule has 134 valence electrons. The van der Waals surface area contributed by atoms with Crippen molar-refractivity contribution < 1.29 is 19.2 Å². The number of nitrogens with zero attached hydrogens (tertiary/aromatic N) is 2.